The van der Waals surface area contributed by atoms with Gasteiger partial charge >= 0.3 is 5.97 Å². The SMILES string of the molecule is CCC(N)C(C)(CC(=O)O)c1ccc(F)c(Br)c1. The maximum absolute atomic E-state index is 13.2. The van der Waals surface area contributed by atoms with Gasteiger partial charge in [-0.05, 0) is 40.0 Å². The summed E-state index contributed by atoms with van der Waals surface area (Å²) in [6.07, 6.45) is 0.568. The standard InChI is InChI=1S/C13H17BrFNO2/c1-3-11(16)13(2,7-12(17)18)8-4-5-10(15)9(14)6-8/h4-6,11H,3,7,16H2,1-2H3,(H,17,18). The quantitative estimate of drug-likeness (QED) is 0.877. The molecule has 1 aromatic rings. The number of benzene rings is 1. The zero-order valence-corrected chi connectivity index (χ0v) is 12.0. The van der Waals surface area contributed by atoms with E-state index < -0.39 is 11.4 Å². The van der Waals surface area contributed by atoms with Crippen LogP contribution in [0.1, 0.15) is 32.3 Å². The van der Waals surface area contributed by atoms with Gasteiger partial charge in [0.1, 0.15) is 5.82 Å². The second kappa shape index (κ2) is 5.80. The van der Waals surface area contributed by atoms with Crippen molar-refractivity contribution in [3.63, 3.8) is 0 Å². The van der Waals surface area contributed by atoms with E-state index in [-0.39, 0.29) is 18.3 Å². The largest absolute Gasteiger partial charge is 0.481 e. The van der Waals surface area contributed by atoms with Crippen molar-refractivity contribution in [2.75, 3.05) is 0 Å². The van der Waals surface area contributed by atoms with Gasteiger partial charge in [-0.25, -0.2) is 4.39 Å². The molecule has 1 rings (SSSR count). The fourth-order valence-electron chi connectivity index (χ4n) is 2.06. The molecule has 0 radical (unpaired) electrons. The van der Waals surface area contributed by atoms with Gasteiger partial charge in [-0.2, -0.15) is 0 Å². The zero-order valence-electron chi connectivity index (χ0n) is 10.4. The van der Waals surface area contributed by atoms with E-state index >= 15 is 0 Å². The smallest absolute Gasteiger partial charge is 0.304 e. The summed E-state index contributed by atoms with van der Waals surface area (Å²) < 4.78 is 13.6. The molecule has 0 spiro atoms. The van der Waals surface area contributed by atoms with E-state index in [4.69, 9.17) is 10.8 Å². The third kappa shape index (κ3) is 3.09. The molecule has 2 atom stereocenters. The summed E-state index contributed by atoms with van der Waals surface area (Å²) in [5.74, 6) is -1.29. The van der Waals surface area contributed by atoms with E-state index in [1.165, 1.54) is 6.07 Å². The fourth-order valence-corrected chi connectivity index (χ4v) is 2.44. The van der Waals surface area contributed by atoms with Crippen LogP contribution in [0.3, 0.4) is 0 Å². The Labute approximate surface area is 114 Å². The van der Waals surface area contributed by atoms with Gasteiger partial charge in [-0.3, -0.25) is 4.79 Å². The van der Waals surface area contributed by atoms with E-state index in [1.807, 2.05) is 6.92 Å². The predicted molar refractivity (Wildman–Crippen MR) is 72.0 cm³/mol. The van der Waals surface area contributed by atoms with E-state index in [0.717, 1.165) is 5.56 Å². The van der Waals surface area contributed by atoms with Gasteiger partial charge in [0.2, 0.25) is 0 Å². The number of hydrogen-bond donors (Lipinski definition) is 2. The molecule has 5 heteroatoms. The Hall–Kier alpha value is -0.940. The van der Waals surface area contributed by atoms with E-state index in [1.54, 1.807) is 19.1 Å². The highest BCUT2D eigenvalue weighted by molar-refractivity contribution is 9.10. The van der Waals surface area contributed by atoms with Crippen LogP contribution in [0, 0.1) is 5.82 Å². The number of rotatable bonds is 5. The van der Waals surface area contributed by atoms with Crippen LogP contribution in [0.5, 0.6) is 0 Å². The minimum absolute atomic E-state index is 0.0833. The molecule has 3 N–H and O–H groups in total. The van der Waals surface area contributed by atoms with Crippen molar-refractivity contribution in [2.24, 2.45) is 5.73 Å². The number of nitrogens with two attached hydrogens (primary N) is 1. The van der Waals surface area contributed by atoms with Crippen LogP contribution in [0.4, 0.5) is 4.39 Å². The minimum atomic E-state index is -0.915. The average Bonchev–Trinajstić information content (AvgIpc) is 2.30. The van der Waals surface area contributed by atoms with Gasteiger partial charge in [-0.1, -0.05) is 19.9 Å². The average molecular weight is 318 g/mol. The number of carbonyl (C=O) groups is 1. The summed E-state index contributed by atoms with van der Waals surface area (Å²) in [6.45, 7) is 3.71. The number of halogens is 2. The number of hydrogen-bond acceptors (Lipinski definition) is 2. The lowest BCUT2D eigenvalue weighted by molar-refractivity contribution is -0.138. The topological polar surface area (TPSA) is 63.3 Å². The van der Waals surface area contributed by atoms with E-state index in [2.05, 4.69) is 15.9 Å². The second-order valence-corrected chi connectivity index (χ2v) is 5.49. The Morgan fingerprint density at radius 1 is 1.61 bits per heavy atom. The molecule has 3 nitrogen and oxygen atoms in total. The molecule has 0 aliphatic rings. The van der Waals surface area contributed by atoms with Crippen LogP contribution in [0.15, 0.2) is 22.7 Å². The Kier molecular flexibility index (Phi) is 4.87. The Bertz CT molecular complexity index is 453. The van der Waals surface area contributed by atoms with Crippen molar-refractivity contribution in [1.82, 2.24) is 0 Å². The lowest BCUT2D eigenvalue weighted by Gasteiger charge is -2.34. The van der Waals surface area contributed by atoms with E-state index in [9.17, 15) is 9.18 Å². The summed E-state index contributed by atoms with van der Waals surface area (Å²) in [5.41, 5.74) is 6.07. The number of carboxylic acid groups (broad SMARTS) is 1. The van der Waals surface area contributed by atoms with Crippen LogP contribution in [0.2, 0.25) is 0 Å². The second-order valence-electron chi connectivity index (χ2n) is 4.63. The van der Waals surface area contributed by atoms with Crippen molar-refractivity contribution >= 4 is 21.9 Å². The third-order valence-electron chi connectivity index (χ3n) is 3.36. The Balaban J connectivity index is 3.24. The minimum Gasteiger partial charge on any atom is -0.481 e. The first-order valence-corrected chi connectivity index (χ1v) is 6.53. The maximum Gasteiger partial charge on any atom is 0.304 e. The van der Waals surface area contributed by atoms with Crippen LogP contribution in [0.25, 0.3) is 0 Å². The first kappa shape index (κ1) is 15.1. The van der Waals surface area contributed by atoms with Crippen LogP contribution >= 0.6 is 15.9 Å². The first-order chi connectivity index (χ1) is 8.31. The number of aliphatic carboxylic acids is 1. The molecular formula is C13H17BrFNO2. The highest BCUT2D eigenvalue weighted by Crippen LogP contribution is 2.34. The predicted octanol–water partition coefficient (Wildman–Crippen LogP) is 3.06. The Morgan fingerprint density at radius 3 is 2.67 bits per heavy atom. The molecular weight excluding hydrogens is 301 g/mol. The Morgan fingerprint density at radius 2 is 2.22 bits per heavy atom. The van der Waals surface area contributed by atoms with Crippen LogP contribution < -0.4 is 5.73 Å². The lowest BCUT2D eigenvalue weighted by atomic mass is 9.73. The molecule has 0 aromatic heterocycles. The molecule has 0 aliphatic heterocycles. The highest BCUT2D eigenvalue weighted by atomic mass is 79.9. The van der Waals surface area contributed by atoms with Crippen molar-refractivity contribution in [3.8, 4) is 0 Å². The molecule has 0 fully saturated rings. The van der Waals surface area contributed by atoms with Crippen molar-refractivity contribution in [1.29, 1.82) is 0 Å². The van der Waals surface area contributed by atoms with Gasteiger partial charge in [0.25, 0.3) is 0 Å². The van der Waals surface area contributed by atoms with Gasteiger partial charge in [-0.15, -0.1) is 0 Å². The summed E-state index contributed by atoms with van der Waals surface area (Å²) in [4.78, 5) is 11.0. The summed E-state index contributed by atoms with van der Waals surface area (Å²) in [6, 6.07) is 4.22. The highest BCUT2D eigenvalue weighted by Gasteiger charge is 2.35. The molecule has 0 bridgehead atoms. The third-order valence-corrected chi connectivity index (χ3v) is 3.96. The lowest BCUT2D eigenvalue weighted by Crippen LogP contribution is -2.44. The van der Waals surface area contributed by atoms with Gasteiger partial charge < -0.3 is 10.8 Å². The zero-order chi connectivity index (χ0) is 13.9. The summed E-state index contributed by atoms with van der Waals surface area (Å²) >= 11 is 3.11. The van der Waals surface area contributed by atoms with Crippen LogP contribution in [-0.2, 0) is 10.2 Å². The monoisotopic (exact) mass is 317 g/mol. The number of carboxylic acids is 1. The van der Waals surface area contributed by atoms with Crippen molar-refractivity contribution in [3.05, 3.63) is 34.1 Å². The molecule has 0 amide bonds. The molecule has 1 aromatic carbocycles. The summed E-state index contributed by atoms with van der Waals surface area (Å²) in [7, 11) is 0. The normalized spacial score (nSPS) is 16.1. The summed E-state index contributed by atoms with van der Waals surface area (Å²) in [5, 5.41) is 9.04. The molecule has 2 unspecified atom stereocenters. The van der Waals surface area contributed by atoms with Crippen molar-refractivity contribution in [2.45, 2.75) is 38.1 Å². The van der Waals surface area contributed by atoms with Crippen molar-refractivity contribution < 1.29 is 14.3 Å². The molecule has 0 saturated carbocycles. The molecule has 0 heterocycles. The molecule has 0 aliphatic carbocycles. The van der Waals surface area contributed by atoms with Gasteiger partial charge in [0.15, 0.2) is 0 Å². The van der Waals surface area contributed by atoms with Crippen LogP contribution in [-0.4, -0.2) is 17.1 Å². The van der Waals surface area contributed by atoms with Gasteiger partial charge in [0.05, 0.1) is 10.9 Å². The maximum atomic E-state index is 13.2. The molecule has 100 valence electrons. The molecule has 18 heavy (non-hydrogen) atoms. The van der Waals surface area contributed by atoms with Gasteiger partial charge in [0, 0.05) is 11.5 Å². The fraction of sp³-hybridized carbons (Fsp3) is 0.462. The first-order valence-electron chi connectivity index (χ1n) is 5.74. The molecule has 0 saturated heterocycles. The van der Waals surface area contributed by atoms with E-state index in [0.29, 0.717) is 10.9 Å².